The molecule has 1 aliphatic heterocycles. The Labute approximate surface area is 170 Å². The molecular formula is C25H23FN2O. The van der Waals surface area contributed by atoms with E-state index in [1.54, 1.807) is 6.07 Å². The van der Waals surface area contributed by atoms with Gasteiger partial charge in [0.2, 0.25) is 0 Å². The first-order valence-electron chi connectivity index (χ1n) is 9.84. The van der Waals surface area contributed by atoms with Gasteiger partial charge in [-0.05, 0) is 60.4 Å². The van der Waals surface area contributed by atoms with E-state index >= 15 is 0 Å². The summed E-state index contributed by atoms with van der Waals surface area (Å²) in [6, 6.07) is 20.8. The first-order valence-corrected chi connectivity index (χ1v) is 9.84. The first kappa shape index (κ1) is 18.9. The van der Waals surface area contributed by atoms with Gasteiger partial charge in [-0.3, -0.25) is 4.99 Å². The van der Waals surface area contributed by atoms with Crippen molar-refractivity contribution in [1.82, 2.24) is 0 Å². The van der Waals surface area contributed by atoms with Crippen molar-refractivity contribution in [2.45, 2.75) is 12.8 Å². The third-order valence-corrected chi connectivity index (χ3v) is 5.06. The van der Waals surface area contributed by atoms with Gasteiger partial charge in [-0.1, -0.05) is 42.5 Å². The van der Waals surface area contributed by atoms with Gasteiger partial charge in [-0.25, -0.2) is 4.39 Å². The third-order valence-electron chi connectivity index (χ3n) is 5.06. The van der Waals surface area contributed by atoms with Crippen molar-refractivity contribution >= 4 is 29.7 Å². The highest BCUT2D eigenvalue weighted by atomic mass is 19.1. The number of anilines is 1. The number of rotatable bonds is 5. The Balaban J connectivity index is 1.52. The lowest BCUT2D eigenvalue weighted by molar-refractivity contribution is 0.431. The Morgan fingerprint density at radius 2 is 1.55 bits per heavy atom. The van der Waals surface area contributed by atoms with Gasteiger partial charge in [0, 0.05) is 30.6 Å². The lowest BCUT2D eigenvalue weighted by Gasteiger charge is -2.17. The highest BCUT2D eigenvalue weighted by molar-refractivity contribution is 5.87. The van der Waals surface area contributed by atoms with E-state index in [-0.39, 0.29) is 0 Å². The second-order valence-electron chi connectivity index (χ2n) is 7.15. The zero-order valence-corrected chi connectivity index (χ0v) is 16.1. The van der Waals surface area contributed by atoms with Crippen LogP contribution in [0.25, 0.3) is 12.2 Å². The minimum absolute atomic E-state index is 0.345. The summed E-state index contributed by atoms with van der Waals surface area (Å²) >= 11 is 0. The molecule has 0 unspecified atom stereocenters. The number of para-hydroxylation sites is 1. The average molecular weight is 386 g/mol. The van der Waals surface area contributed by atoms with Gasteiger partial charge in [0.25, 0.3) is 0 Å². The molecule has 0 amide bonds. The van der Waals surface area contributed by atoms with Gasteiger partial charge >= 0.3 is 0 Å². The number of phenols is 1. The Hall–Kier alpha value is -3.40. The summed E-state index contributed by atoms with van der Waals surface area (Å²) in [6.07, 6.45) is 7.77. The van der Waals surface area contributed by atoms with Gasteiger partial charge in [0.05, 0.1) is 5.69 Å². The second-order valence-corrected chi connectivity index (χ2v) is 7.15. The molecular weight excluding hydrogens is 363 g/mol. The van der Waals surface area contributed by atoms with Gasteiger partial charge in [-0.15, -0.1) is 0 Å². The lowest BCUT2D eigenvalue weighted by Crippen LogP contribution is -2.17. The standard InChI is InChI=1S/C25H23FN2O/c26-24-17-20(16-21(25(24)29)18-27-22-6-2-1-3-7-22)9-8-19-10-12-23(13-11-19)28-14-4-5-15-28/h1-3,6-13,16-18,29H,4-5,14-15H2/b9-8+,27-18?. The quantitative estimate of drug-likeness (QED) is 0.428. The molecule has 0 radical (unpaired) electrons. The number of hydrogen-bond acceptors (Lipinski definition) is 3. The van der Waals surface area contributed by atoms with Crippen LogP contribution >= 0.6 is 0 Å². The molecule has 0 saturated carbocycles. The zero-order valence-electron chi connectivity index (χ0n) is 16.1. The van der Waals surface area contributed by atoms with E-state index in [4.69, 9.17) is 0 Å². The third kappa shape index (κ3) is 4.72. The normalized spacial score (nSPS) is 14.3. The Kier molecular flexibility index (Phi) is 5.71. The molecule has 3 nitrogen and oxygen atoms in total. The fraction of sp³-hybridized carbons (Fsp3) is 0.160. The predicted molar refractivity (Wildman–Crippen MR) is 119 cm³/mol. The molecule has 1 saturated heterocycles. The smallest absolute Gasteiger partial charge is 0.166 e. The minimum atomic E-state index is -0.661. The molecule has 1 N–H and O–H groups in total. The summed E-state index contributed by atoms with van der Waals surface area (Å²) < 4.78 is 14.2. The van der Waals surface area contributed by atoms with E-state index in [0.29, 0.717) is 11.1 Å². The number of benzene rings is 3. The summed E-state index contributed by atoms with van der Waals surface area (Å²) in [5, 5.41) is 10.0. The van der Waals surface area contributed by atoms with Crippen LogP contribution in [-0.2, 0) is 0 Å². The van der Waals surface area contributed by atoms with E-state index in [2.05, 4.69) is 34.2 Å². The van der Waals surface area contributed by atoms with Crippen LogP contribution < -0.4 is 4.90 Å². The van der Waals surface area contributed by atoms with Crippen LogP contribution in [0.3, 0.4) is 0 Å². The van der Waals surface area contributed by atoms with Gasteiger partial charge in [-0.2, -0.15) is 0 Å². The molecule has 0 atom stereocenters. The maximum atomic E-state index is 14.2. The number of aromatic hydroxyl groups is 1. The van der Waals surface area contributed by atoms with Crippen LogP contribution in [-0.4, -0.2) is 24.4 Å². The van der Waals surface area contributed by atoms with Crippen LogP contribution in [0.2, 0.25) is 0 Å². The highest BCUT2D eigenvalue weighted by Crippen LogP contribution is 2.25. The van der Waals surface area contributed by atoms with Crippen molar-refractivity contribution in [3.63, 3.8) is 0 Å². The van der Waals surface area contributed by atoms with Crippen LogP contribution in [0.4, 0.5) is 15.8 Å². The fourth-order valence-electron chi connectivity index (χ4n) is 3.46. The predicted octanol–water partition coefficient (Wildman–Crippen LogP) is 6.05. The fourth-order valence-corrected chi connectivity index (χ4v) is 3.46. The average Bonchev–Trinajstić information content (AvgIpc) is 3.29. The Morgan fingerprint density at radius 3 is 2.28 bits per heavy atom. The number of halogens is 1. The number of hydrogen-bond donors (Lipinski definition) is 1. The minimum Gasteiger partial charge on any atom is -0.504 e. The van der Waals surface area contributed by atoms with Crippen LogP contribution in [0.15, 0.2) is 71.7 Å². The van der Waals surface area contributed by atoms with E-state index in [0.717, 1.165) is 24.3 Å². The molecule has 0 aromatic heterocycles. The van der Waals surface area contributed by atoms with Crippen molar-refractivity contribution in [2.75, 3.05) is 18.0 Å². The van der Waals surface area contributed by atoms with E-state index in [1.165, 1.54) is 30.8 Å². The Bertz CT molecular complexity index is 1020. The summed E-state index contributed by atoms with van der Waals surface area (Å²) in [5.41, 5.74) is 4.04. The monoisotopic (exact) mass is 386 g/mol. The Morgan fingerprint density at radius 1 is 0.862 bits per heavy atom. The van der Waals surface area contributed by atoms with Crippen LogP contribution in [0, 0.1) is 5.82 Å². The van der Waals surface area contributed by atoms with Crippen molar-refractivity contribution in [3.8, 4) is 5.75 Å². The van der Waals surface area contributed by atoms with Gasteiger partial charge in [0.15, 0.2) is 11.6 Å². The number of phenolic OH excluding ortho intramolecular Hbond substituents is 1. The molecule has 146 valence electrons. The second kappa shape index (κ2) is 8.74. The molecule has 4 heteroatoms. The van der Waals surface area contributed by atoms with Crippen molar-refractivity contribution in [2.24, 2.45) is 4.99 Å². The van der Waals surface area contributed by atoms with Crippen molar-refractivity contribution in [3.05, 3.63) is 89.2 Å². The largest absolute Gasteiger partial charge is 0.504 e. The van der Waals surface area contributed by atoms with E-state index in [9.17, 15) is 9.50 Å². The summed E-state index contributed by atoms with van der Waals surface area (Å²) in [5.74, 6) is -1.05. The number of nitrogens with zero attached hydrogens (tertiary/aromatic N) is 2. The molecule has 0 bridgehead atoms. The van der Waals surface area contributed by atoms with E-state index < -0.39 is 11.6 Å². The van der Waals surface area contributed by atoms with Crippen LogP contribution in [0.1, 0.15) is 29.5 Å². The topological polar surface area (TPSA) is 35.8 Å². The molecule has 3 aromatic rings. The molecule has 0 aliphatic carbocycles. The van der Waals surface area contributed by atoms with Crippen molar-refractivity contribution in [1.29, 1.82) is 0 Å². The molecule has 4 rings (SSSR count). The summed E-state index contributed by atoms with van der Waals surface area (Å²) in [6.45, 7) is 2.24. The molecule has 1 heterocycles. The van der Waals surface area contributed by atoms with Crippen LogP contribution in [0.5, 0.6) is 5.75 Å². The lowest BCUT2D eigenvalue weighted by atomic mass is 10.1. The maximum Gasteiger partial charge on any atom is 0.166 e. The number of aliphatic imine (C=N–C) groups is 1. The van der Waals surface area contributed by atoms with E-state index in [1.807, 2.05) is 42.5 Å². The molecule has 1 fully saturated rings. The van der Waals surface area contributed by atoms with Crippen molar-refractivity contribution < 1.29 is 9.50 Å². The van der Waals surface area contributed by atoms with Gasteiger partial charge < -0.3 is 10.0 Å². The molecule has 1 aliphatic rings. The zero-order chi connectivity index (χ0) is 20.1. The summed E-state index contributed by atoms with van der Waals surface area (Å²) in [7, 11) is 0. The highest BCUT2D eigenvalue weighted by Gasteiger charge is 2.11. The molecule has 0 spiro atoms. The maximum absolute atomic E-state index is 14.2. The SMILES string of the molecule is Oc1c(F)cc(/C=C/c2ccc(N3CCCC3)cc2)cc1C=Nc1ccccc1. The molecule has 3 aromatic carbocycles. The van der Waals surface area contributed by atoms with Gasteiger partial charge in [0.1, 0.15) is 0 Å². The molecule has 29 heavy (non-hydrogen) atoms. The first-order chi connectivity index (χ1) is 14.2. The summed E-state index contributed by atoms with van der Waals surface area (Å²) in [4.78, 5) is 6.69.